The predicted octanol–water partition coefficient (Wildman–Crippen LogP) is 1.36. The van der Waals surface area contributed by atoms with Gasteiger partial charge in [-0.3, -0.25) is 4.79 Å². The second-order valence-corrected chi connectivity index (χ2v) is 6.24. The van der Waals surface area contributed by atoms with E-state index in [-0.39, 0.29) is 11.3 Å². The van der Waals surface area contributed by atoms with Crippen LogP contribution in [0.25, 0.3) is 0 Å². The molecule has 1 rings (SSSR count). The van der Waals surface area contributed by atoms with Crippen molar-refractivity contribution in [1.82, 2.24) is 15.1 Å². The molecular weight excluding hydrogens is 236 g/mol. The zero-order chi connectivity index (χ0) is 13.2. The molecule has 0 aliphatic carbocycles. The third-order valence-electron chi connectivity index (χ3n) is 2.25. The fourth-order valence-electron chi connectivity index (χ4n) is 1.08. The number of aromatic nitrogens is 2. The Morgan fingerprint density at radius 1 is 1.24 bits per heavy atom. The molecule has 0 atom stereocenters. The standard InChI is InChI=1S/C11H20N4OS/c1-11(2,3)9-12-13-10(17-9)15(6)7-8(16)14(4)5/h7H2,1-6H3. The summed E-state index contributed by atoms with van der Waals surface area (Å²) in [5.74, 6) is 0.0556. The van der Waals surface area contributed by atoms with Crippen LogP contribution in [0.4, 0.5) is 5.13 Å². The van der Waals surface area contributed by atoms with Crippen molar-refractivity contribution in [2.75, 3.05) is 32.6 Å². The molecule has 0 unspecified atom stereocenters. The molecule has 5 nitrogen and oxygen atoms in total. The van der Waals surface area contributed by atoms with Crippen LogP contribution in [-0.4, -0.2) is 48.7 Å². The van der Waals surface area contributed by atoms with E-state index in [1.54, 1.807) is 19.0 Å². The molecule has 96 valence electrons. The molecule has 1 aromatic heterocycles. The van der Waals surface area contributed by atoms with Gasteiger partial charge in [0.25, 0.3) is 0 Å². The molecule has 0 spiro atoms. The molecule has 0 radical (unpaired) electrons. The minimum absolute atomic E-state index is 0.00230. The first-order valence-corrected chi connectivity index (χ1v) is 6.28. The van der Waals surface area contributed by atoms with Crippen LogP contribution in [0.5, 0.6) is 0 Å². The van der Waals surface area contributed by atoms with Crippen molar-refractivity contribution in [1.29, 1.82) is 0 Å². The lowest BCUT2D eigenvalue weighted by Crippen LogP contribution is -2.34. The van der Waals surface area contributed by atoms with Crippen LogP contribution in [0.3, 0.4) is 0 Å². The normalized spacial score (nSPS) is 11.4. The minimum Gasteiger partial charge on any atom is -0.347 e. The molecule has 1 amide bonds. The highest BCUT2D eigenvalue weighted by Crippen LogP contribution is 2.29. The average molecular weight is 256 g/mol. The summed E-state index contributed by atoms with van der Waals surface area (Å²) in [6, 6.07) is 0. The van der Waals surface area contributed by atoms with Gasteiger partial charge in [0.1, 0.15) is 5.01 Å². The molecule has 0 saturated heterocycles. The molecule has 1 aromatic rings. The molecule has 0 aromatic carbocycles. The molecule has 17 heavy (non-hydrogen) atoms. The van der Waals surface area contributed by atoms with E-state index >= 15 is 0 Å². The van der Waals surface area contributed by atoms with E-state index in [2.05, 4.69) is 31.0 Å². The van der Waals surface area contributed by atoms with Gasteiger partial charge in [0.05, 0.1) is 6.54 Å². The highest BCUT2D eigenvalue weighted by Gasteiger charge is 2.21. The van der Waals surface area contributed by atoms with E-state index in [1.165, 1.54) is 11.3 Å². The molecule has 6 heteroatoms. The summed E-state index contributed by atoms with van der Waals surface area (Å²) in [5, 5.41) is 10.0. The van der Waals surface area contributed by atoms with Crippen molar-refractivity contribution in [3.63, 3.8) is 0 Å². The molecule has 0 bridgehead atoms. The summed E-state index contributed by atoms with van der Waals surface area (Å²) in [7, 11) is 5.35. The van der Waals surface area contributed by atoms with E-state index in [9.17, 15) is 4.79 Å². The third-order valence-corrected chi connectivity index (χ3v) is 3.72. The van der Waals surface area contributed by atoms with E-state index in [0.717, 1.165) is 10.1 Å². The molecule has 0 aliphatic rings. The third kappa shape index (κ3) is 3.66. The maximum Gasteiger partial charge on any atom is 0.241 e. The van der Waals surface area contributed by atoms with E-state index in [4.69, 9.17) is 0 Å². The molecule has 1 heterocycles. The predicted molar refractivity (Wildman–Crippen MR) is 70.6 cm³/mol. The number of likely N-dealkylation sites (N-methyl/N-ethyl adjacent to an activating group) is 2. The van der Waals surface area contributed by atoms with Gasteiger partial charge in [-0.25, -0.2) is 0 Å². The maximum atomic E-state index is 11.6. The second kappa shape index (κ2) is 5.00. The molecule has 0 fully saturated rings. The SMILES string of the molecule is CN(C)C(=O)CN(C)c1nnc(C(C)(C)C)s1. The first kappa shape index (κ1) is 13.9. The number of hydrogen-bond acceptors (Lipinski definition) is 5. The van der Waals surface area contributed by atoms with Gasteiger partial charge in [0.15, 0.2) is 0 Å². The van der Waals surface area contributed by atoms with Crippen molar-refractivity contribution in [2.45, 2.75) is 26.2 Å². The Hall–Kier alpha value is -1.17. The largest absolute Gasteiger partial charge is 0.347 e. The summed E-state index contributed by atoms with van der Waals surface area (Å²) in [6.45, 7) is 6.62. The van der Waals surface area contributed by atoms with E-state index in [0.29, 0.717) is 6.54 Å². The average Bonchev–Trinajstić information content (AvgIpc) is 2.65. The van der Waals surface area contributed by atoms with Crippen LogP contribution in [0, 0.1) is 0 Å². The van der Waals surface area contributed by atoms with Gasteiger partial charge >= 0.3 is 0 Å². The van der Waals surface area contributed by atoms with Crippen LogP contribution in [-0.2, 0) is 10.2 Å². The number of amides is 1. The summed E-state index contributed by atoms with van der Waals surface area (Å²) in [6.07, 6.45) is 0. The molecule has 0 saturated carbocycles. The Labute approximate surface area is 106 Å². The Balaban J connectivity index is 2.74. The van der Waals surface area contributed by atoms with Crippen molar-refractivity contribution in [3.8, 4) is 0 Å². The van der Waals surface area contributed by atoms with Gasteiger partial charge in [0.2, 0.25) is 11.0 Å². The fourth-order valence-corrected chi connectivity index (χ4v) is 1.95. The number of rotatable bonds is 3. The Bertz CT molecular complexity index is 394. The van der Waals surface area contributed by atoms with Crippen LogP contribution >= 0.6 is 11.3 Å². The number of carbonyl (C=O) groups excluding carboxylic acids is 1. The Kier molecular flexibility index (Phi) is 4.08. The van der Waals surface area contributed by atoms with Gasteiger partial charge in [0, 0.05) is 26.6 Å². The number of anilines is 1. The highest BCUT2D eigenvalue weighted by molar-refractivity contribution is 7.15. The smallest absolute Gasteiger partial charge is 0.241 e. The Morgan fingerprint density at radius 3 is 2.24 bits per heavy atom. The van der Waals surface area contributed by atoms with Crippen LogP contribution in [0.1, 0.15) is 25.8 Å². The van der Waals surface area contributed by atoms with Gasteiger partial charge in [-0.2, -0.15) is 0 Å². The topological polar surface area (TPSA) is 49.3 Å². The quantitative estimate of drug-likeness (QED) is 0.819. The van der Waals surface area contributed by atoms with Gasteiger partial charge in [-0.15, -0.1) is 10.2 Å². The van der Waals surface area contributed by atoms with E-state index < -0.39 is 0 Å². The molecular formula is C11H20N4OS. The lowest BCUT2D eigenvalue weighted by molar-refractivity contribution is -0.127. The number of nitrogens with zero attached hydrogens (tertiary/aromatic N) is 4. The highest BCUT2D eigenvalue weighted by atomic mass is 32.1. The van der Waals surface area contributed by atoms with Crippen LogP contribution in [0.2, 0.25) is 0 Å². The molecule has 0 N–H and O–H groups in total. The number of hydrogen-bond donors (Lipinski definition) is 0. The summed E-state index contributed by atoms with van der Waals surface area (Å²) in [5.41, 5.74) is 0.00230. The first-order chi connectivity index (χ1) is 7.71. The van der Waals surface area contributed by atoms with Crippen molar-refractivity contribution < 1.29 is 4.79 Å². The van der Waals surface area contributed by atoms with Crippen molar-refractivity contribution in [3.05, 3.63) is 5.01 Å². The van der Waals surface area contributed by atoms with E-state index in [1.807, 2.05) is 11.9 Å². The monoisotopic (exact) mass is 256 g/mol. The second-order valence-electron chi connectivity index (χ2n) is 5.28. The maximum absolute atomic E-state index is 11.6. The van der Waals surface area contributed by atoms with Crippen LogP contribution < -0.4 is 4.90 Å². The van der Waals surface area contributed by atoms with Gasteiger partial charge < -0.3 is 9.80 Å². The number of carbonyl (C=O) groups is 1. The summed E-state index contributed by atoms with van der Waals surface area (Å²) < 4.78 is 0. The zero-order valence-corrected chi connectivity index (χ0v) is 12.1. The summed E-state index contributed by atoms with van der Waals surface area (Å²) in [4.78, 5) is 15.0. The minimum atomic E-state index is 0.00230. The molecule has 0 aliphatic heterocycles. The van der Waals surface area contributed by atoms with Crippen LogP contribution in [0.15, 0.2) is 0 Å². The summed E-state index contributed by atoms with van der Waals surface area (Å²) >= 11 is 1.53. The lowest BCUT2D eigenvalue weighted by atomic mass is 9.98. The van der Waals surface area contributed by atoms with Crippen molar-refractivity contribution in [2.24, 2.45) is 0 Å². The Morgan fingerprint density at radius 2 is 1.82 bits per heavy atom. The van der Waals surface area contributed by atoms with Crippen molar-refractivity contribution >= 4 is 22.4 Å². The lowest BCUT2D eigenvalue weighted by Gasteiger charge is -2.17. The fraction of sp³-hybridized carbons (Fsp3) is 0.727. The first-order valence-electron chi connectivity index (χ1n) is 5.47. The van der Waals surface area contributed by atoms with Gasteiger partial charge in [-0.1, -0.05) is 32.1 Å². The zero-order valence-electron chi connectivity index (χ0n) is 11.3. The van der Waals surface area contributed by atoms with Gasteiger partial charge in [-0.05, 0) is 0 Å².